The van der Waals surface area contributed by atoms with E-state index in [1.807, 2.05) is 0 Å². The number of hydrogen-bond acceptors (Lipinski definition) is 3. The average Bonchev–Trinajstić information content (AvgIpc) is 3.78. The normalized spacial score (nSPS) is 14.1. The molecule has 3 heteroatoms. The van der Waals surface area contributed by atoms with Gasteiger partial charge in [-0.25, -0.2) is 0 Å². The minimum atomic E-state index is -0.131. The van der Waals surface area contributed by atoms with Gasteiger partial charge in [-0.1, -0.05) is 122 Å². The van der Waals surface area contributed by atoms with E-state index in [2.05, 4.69) is 188 Å². The van der Waals surface area contributed by atoms with Crippen LogP contribution >= 0.6 is 0 Å². The molecule has 0 unspecified atom stereocenters. The summed E-state index contributed by atoms with van der Waals surface area (Å²) < 4.78 is 13.6. The van der Waals surface area contributed by atoms with Crippen molar-refractivity contribution >= 4 is 71.7 Å². The van der Waals surface area contributed by atoms with Crippen molar-refractivity contribution in [3.05, 3.63) is 150 Å². The van der Waals surface area contributed by atoms with Crippen LogP contribution in [0.1, 0.15) is 77.6 Å². The molecule has 2 aromatic heterocycles. The number of rotatable bonds is 3. The first-order valence-corrected chi connectivity index (χ1v) is 19.2. The fourth-order valence-electron chi connectivity index (χ4n) is 8.91. The summed E-state index contributed by atoms with van der Waals surface area (Å²) in [6.45, 7) is 18.4. The van der Waals surface area contributed by atoms with Gasteiger partial charge in [0, 0.05) is 67.1 Å². The van der Waals surface area contributed by atoms with Crippen LogP contribution < -0.4 is 4.90 Å². The molecule has 1 aliphatic rings. The van der Waals surface area contributed by atoms with Crippen LogP contribution in [0.4, 0.5) is 17.1 Å². The fraction of sp³-hybridized carbons (Fsp3) is 0.216. The second-order valence-corrected chi connectivity index (χ2v) is 17.9. The van der Waals surface area contributed by atoms with Crippen LogP contribution in [-0.2, 0) is 16.2 Å². The molecule has 0 radical (unpaired) electrons. The summed E-state index contributed by atoms with van der Waals surface area (Å²) in [5.74, 6) is 0. The van der Waals surface area contributed by atoms with Gasteiger partial charge in [0.05, 0.1) is 0 Å². The second-order valence-electron chi connectivity index (χ2n) is 17.9. The summed E-state index contributed by atoms with van der Waals surface area (Å²) in [5, 5.41) is 6.86. The molecule has 0 aliphatic heterocycles. The summed E-state index contributed by atoms with van der Waals surface area (Å²) in [6.07, 6.45) is 0. The predicted octanol–water partition coefficient (Wildman–Crippen LogP) is 15.0. The van der Waals surface area contributed by atoms with Crippen molar-refractivity contribution < 1.29 is 8.83 Å². The number of benzene rings is 7. The third kappa shape index (κ3) is 4.80. The third-order valence-electron chi connectivity index (χ3n) is 11.9. The Morgan fingerprint density at radius 3 is 1.78 bits per heavy atom. The first-order chi connectivity index (χ1) is 25.8. The molecule has 54 heavy (non-hydrogen) atoms. The SMILES string of the molecule is CC(C)(C)c1cc(C(C)(C)C)c2oc3cc(N(c4ccc5c(c4)C(C)(C)c4ccccc4-5)c4ccc5c(c4)oc4c6ccccc6ccc54)ccc3c2c1. The molecule has 0 spiro atoms. The number of nitrogens with zero attached hydrogens (tertiary/aromatic N) is 1. The number of anilines is 3. The van der Waals surface area contributed by atoms with Gasteiger partial charge >= 0.3 is 0 Å². The predicted molar refractivity (Wildman–Crippen MR) is 228 cm³/mol. The largest absolute Gasteiger partial charge is 0.456 e. The molecule has 266 valence electrons. The molecule has 0 fully saturated rings. The van der Waals surface area contributed by atoms with Crippen LogP contribution in [0.25, 0.3) is 65.8 Å². The van der Waals surface area contributed by atoms with Crippen molar-refractivity contribution in [2.24, 2.45) is 0 Å². The van der Waals surface area contributed by atoms with E-state index < -0.39 is 0 Å². The Bertz CT molecular complexity index is 2990. The maximum Gasteiger partial charge on any atom is 0.143 e. The van der Waals surface area contributed by atoms with E-state index >= 15 is 0 Å². The van der Waals surface area contributed by atoms with Crippen LogP contribution in [-0.4, -0.2) is 0 Å². The molecular formula is C51H45NO2. The zero-order valence-electron chi connectivity index (χ0n) is 32.4. The van der Waals surface area contributed by atoms with Gasteiger partial charge in [-0.05, 0) is 92.6 Å². The van der Waals surface area contributed by atoms with Crippen LogP contribution in [0.15, 0.2) is 136 Å². The minimum absolute atomic E-state index is 0.0110. The zero-order chi connectivity index (χ0) is 37.3. The van der Waals surface area contributed by atoms with Crippen molar-refractivity contribution in [1.82, 2.24) is 0 Å². The van der Waals surface area contributed by atoms with Crippen LogP contribution in [0.3, 0.4) is 0 Å². The van der Waals surface area contributed by atoms with Crippen molar-refractivity contribution in [2.75, 3.05) is 4.90 Å². The summed E-state index contributed by atoms with van der Waals surface area (Å²) in [6, 6.07) is 46.7. The molecule has 0 atom stereocenters. The van der Waals surface area contributed by atoms with Crippen molar-refractivity contribution in [1.29, 1.82) is 0 Å². The van der Waals surface area contributed by atoms with E-state index in [4.69, 9.17) is 8.83 Å². The van der Waals surface area contributed by atoms with Gasteiger partial charge in [0.2, 0.25) is 0 Å². The van der Waals surface area contributed by atoms with Crippen molar-refractivity contribution in [3.63, 3.8) is 0 Å². The maximum absolute atomic E-state index is 6.90. The van der Waals surface area contributed by atoms with Crippen molar-refractivity contribution in [2.45, 2.75) is 71.6 Å². The molecular weight excluding hydrogens is 659 g/mol. The summed E-state index contributed by atoms with van der Waals surface area (Å²) in [4.78, 5) is 2.36. The molecule has 0 bridgehead atoms. The molecule has 9 aromatic rings. The lowest BCUT2D eigenvalue weighted by Crippen LogP contribution is -2.16. The maximum atomic E-state index is 6.90. The van der Waals surface area contributed by atoms with Crippen LogP contribution in [0.5, 0.6) is 0 Å². The van der Waals surface area contributed by atoms with E-state index in [9.17, 15) is 0 Å². The van der Waals surface area contributed by atoms with E-state index in [-0.39, 0.29) is 16.2 Å². The molecule has 2 heterocycles. The van der Waals surface area contributed by atoms with Gasteiger partial charge in [-0.2, -0.15) is 0 Å². The quantitative estimate of drug-likeness (QED) is 0.183. The molecule has 0 amide bonds. The molecule has 0 saturated heterocycles. The van der Waals surface area contributed by atoms with E-state index in [1.54, 1.807) is 0 Å². The van der Waals surface area contributed by atoms with E-state index in [0.29, 0.717) is 0 Å². The fourth-order valence-corrected chi connectivity index (χ4v) is 8.91. The summed E-state index contributed by atoms with van der Waals surface area (Å²) in [5.41, 5.74) is 14.5. The number of fused-ring (bicyclic) bond motifs is 11. The monoisotopic (exact) mass is 703 g/mol. The minimum Gasteiger partial charge on any atom is -0.456 e. The lowest BCUT2D eigenvalue weighted by atomic mass is 9.79. The highest BCUT2D eigenvalue weighted by atomic mass is 16.3. The average molecular weight is 704 g/mol. The first kappa shape index (κ1) is 32.8. The van der Waals surface area contributed by atoms with Gasteiger partial charge in [0.25, 0.3) is 0 Å². The van der Waals surface area contributed by atoms with Crippen LogP contribution in [0, 0.1) is 0 Å². The second kappa shape index (κ2) is 11.1. The molecule has 0 saturated carbocycles. The Hall–Kier alpha value is -5.80. The van der Waals surface area contributed by atoms with Gasteiger partial charge in [0.1, 0.15) is 22.3 Å². The molecule has 0 N–H and O–H groups in total. The highest BCUT2D eigenvalue weighted by Gasteiger charge is 2.36. The summed E-state index contributed by atoms with van der Waals surface area (Å²) >= 11 is 0. The van der Waals surface area contributed by atoms with Gasteiger partial charge in [-0.15, -0.1) is 0 Å². The lowest BCUT2D eigenvalue weighted by molar-refractivity contribution is 0.559. The van der Waals surface area contributed by atoms with E-state index in [0.717, 1.165) is 60.9 Å². The molecule has 1 aliphatic carbocycles. The Balaban J connectivity index is 1.20. The number of hydrogen-bond donors (Lipinski definition) is 0. The highest BCUT2D eigenvalue weighted by Crippen LogP contribution is 2.51. The molecule has 7 aromatic carbocycles. The first-order valence-electron chi connectivity index (χ1n) is 19.2. The Labute approximate surface area is 316 Å². The standard InChI is InChI=1S/C51H45NO2/c1-49(2,3)31-25-41-39-24-20-34(29-46(39)54-48(41)44(26-31)50(4,5)6)52(32-18-22-37-36-15-11-12-16-42(36)51(7,8)43(37)27-32)33-19-23-38-40-21-17-30-13-9-10-14-35(30)47(40)53-45(38)28-33/h9-29H,1-8H3. The van der Waals surface area contributed by atoms with Crippen molar-refractivity contribution in [3.8, 4) is 11.1 Å². The molecule has 10 rings (SSSR count). The lowest BCUT2D eigenvalue weighted by Gasteiger charge is -2.28. The van der Waals surface area contributed by atoms with E-state index in [1.165, 1.54) is 44.2 Å². The number of furan rings is 2. The Morgan fingerprint density at radius 2 is 1.06 bits per heavy atom. The smallest absolute Gasteiger partial charge is 0.143 e. The topological polar surface area (TPSA) is 29.5 Å². The van der Waals surface area contributed by atoms with Crippen LogP contribution in [0.2, 0.25) is 0 Å². The Kier molecular flexibility index (Phi) is 6.76. The Morgan fingerprint density at radius 1 is 0.463 bits per heavy atom. The zero-order valence-corrected chi connectivity index (χ0v) is 32.4. The third-order valence-corrected chi connectivity index (χ3v) is 11.9. The van der Waals surface area contributed by atoms with Gasteiger partial charge in [-0.3, -0.25) is 0 Å². The van der Waals surface area contributed by atoms with Gasteiger partial charge < -0.3 is 13.7 Å². The van der Waals surface area contributed by atoms with Gasteiger partial charge in [0.15, 0.2) is 0 Å². The summed E-state index contributed by atoms with van der Waals surface area (Å²) in [7, 11) is 0. The molecule has 3 nitrogen and oxygen atoms in total. The highest BCUT2D eigenvalue weighted by molar-refractivity contribution is 6.15.